The molecule has 1 N–H and O–H groups in total. The highest BCUT2D eigenvalue weighted by atomic mass is 35.5. The van der Waals surface area contributed by atoms with E-state index in [0.717, 1.165) is 22.7 Å². The van der Waals surface area contributed by atoms with Crippen LogP contribution in [0, 0.1) is 5.92 Å². The van der Waals surface area contributed by atoms with E-state index in [1.807, 2.05) is 23.9 Å². The normalized spacial score (nSPS) is 27.6. The van der Waals surface area contributed by atoms with Crippen molar-refractivity contribution in [2.45, 2.75) is 49.3 Å². The Bertz CT molecular complexity index is 365. The van der Waals surface area contributed by atoms with Crippen LogP contribution >= 0.6 is 23.4 Å². The molecule has 0 spiro atoms. The number of rotatable bonds is 5. The second-order valence-corrected chi connectivity index (χ2v) is 6.86. The van der Waals surface area contributed by atoms with Crippen molar-refractivity contribution in [2.24, 2.45) is 5.92 Å². The number of thioether (sulfide) groups is 1. The molecule has 100 valence electrons. The molecule has 1 aliphatic rings. The average molecular weight is 284 g/mol. The maximum atomic E-state index is 5.92. The molecule has 0 radical (unpaired) electrons. The summed E-state index contributed by atoms with van der Waals surface area (Å²) in [7, 11) is 0. The van der Waals surface area contributed by atoms with Crippen molar-refractivity contribution in [3.8, 4) is 0 Å². The van der Waals surface area contributed by atoms with Crippen molar-refractivity contribution < 1.29 is 0 Å². The van der Waals surface area contributed by atoms with E-state index in [4.69, 9.17) is 11.6 Å². The summed E-state index contributed by atoms with van der Waals surface area (Å²) in [4.78, 5) is 1.34. The molecule has 1 saturated carbocycles. The van der Waals surface area contributed by atoms with E-state index < -0.39 is 0 Å². The van der Waals surface area contributed by atoms with Gasteiger partial charge in [-0.2, -0.15) is 0 Å². The molecular weight excluding hydrogens is 262 g/mol. The van der Waals surface area contributed by atoms with Crippen molar-refractivity contribution in [1.82, 2.24) is 5.32 Å². The van der Waals surface area contributed by atoms with E-state index >= 15 is 0 Å². The first kappa shape index (κ1) is 14.2. The van der Waals surface area contributed by atoms with Crippen LogP contribution in [-0.4, -0.2) is 17.8 Å². The minimum atomic E-state index is 0.703. The Hall–Kier alpha value is -0.180. The second-order valence-electron chi connectivity index (χ2n) is 5.11. The van der Waals surface area contributed by atoms with Crippen molar-refractivity contribution in [2.75, 3.05) is 6.54 Å². The Morgan fingerprint density at radius 2 is 2.00 bits per heavy atom. The van der Waals surface area contributed by atoms with E-state index in [2.05, 4.69) is 31.3 Å². The highest BCUT2D eigenvalue weighted by Crippen LogP contribution is 2.39. The van der Waals surface area contributed by atoms with Gasteiger partial charge in [-0.15, -0.1) is 11.8 Å². The zero-order valence-electron chi connectivity index (χ0n) is 11.2. The van der Waals surface area contributed by atoms with E-state index in [0.29, 0.717) is 6.04 Å². The van der Waals surface area contributed by atoms with E-state index in [1.165, 1.54) is 24.2 Å². The average Bonchev–Trinajstić information content (AvgIpc) is 2.71. The summed E-state index contributed by atoms with van der Waals surface area (Å²) in [6.45, 7) is 5.76. The van der Waals surface area contributed by atoms with Crippen LogP contribution in [0.4, 0.5) is 0 Å². The predicted octanol–water partition coefficient (Wildman–Crippen LogP) is 4.60. The maximum absolute atomic E-state index is 5.92. The molecular formula is C15H22ClNS. The molecule has 0 amide bonds. The highest BCUT2D eigenvalue weighted by Gasteiger charge is 2.32. The maximum Gasteiger partial charge on any atom is 0.0406 e. The summed E-state index contributed by atoms with van der Waals surface area (Å²) in [5, 5.41) is 5.23. The first-order valence-corrected chi connectivity index (χ1v) is 8.12. The van der Waals surface area contributed by atoms with Crippen LogP contribution in [0.5, 0.6) is 0 Å². The standard InChI is InChI=1S/C15H22ClNS/c1-3-10-17-14-8-9-15(11(14)2)18-13-6-4-12(16)5-7-13/h4-7,11,14-15,17H,3,8-10H2,1-2H3. The minimum Gasteiger partial charge on any atom is -0.314 e. The Kier molecular flexibility index (Phi) is 5.40. The fourth-order valence-corrected chi connectivity index (χ4v) is 4.03. The number of halogens is 1. The van der Waals surface area contributed by atoms with Crippen LogP contribution < -0.4 is 5.32 Å². The van der Waals surface area contributed by atoms with Gasteiger partial charge in [0.1, 0.15) is 0 Å². The third-order valence-electron chi connectivity index (χ3n) is 3.74. The summed E-state index contributed by atoms with van der Waals surface area (Å²) in [5.74, 6) is 0.747. The van der Waals surface area contributed by atoms with Crippen LogP contribution in [-0.2, 0) is 0 Å². The van der Waals surface area contributed by atoms with Crippen molar-refractivity contribution in [3.05, 3.63) is 29.3 Å². The van der Waals surface area contributed by atoms with Crippen LogP contribution in [0.15, 0.2) is 29.2 Å². The van der Waals surface area contributed by atoms with Gasteiger partial charge < -0.3 is 5.32 Å². The Labute approximate surface area is 120 Å². The molecule has 2 rings (SSSR count). The van der Waals surface area contributed by atoms with Gasteiger partial charge in [-0.05, 0) is 56.0 Å². The molecule has 0 bridgehead atoms. The van der Waals surface area contributed by atoms with E-state index in [9.17, 15) is 0 Å². The van der Waals surface area contributed by atoms with Crippen LogP contribution in [0.1, 0.15) is 33.1 Å². The smallest absolute Gasteiger partial charge is 0.0406 e. The van der Waals surface area contributed by atoms with E-state index in [1.54, 1.807) is 0 Å². The predicted molar refractivity (Wildman–Crippen MR) is 81.6 cm³/mol. The fraction of sp³-hybridized carbons (Fsp3) is 0.600. The van der Waals surface area contributed by atoms with Gasteiger partial charge in [-0.25, -0.2) is 0 Å². The molecule has 0 aliphatic heterocycles. The lowest BCUT2D eigenvalue weighted by Crippen LogP contribution is -2.33. The van der Waals surface area contributed by atoms with Gasteiger partial charge in [0.25, 0.3) is 0 Å². The minimum absolute atomic E-state index is 0.703. The molecule has 1 aromatic carbocycles. The first-order valence-electron chi connectivity index (χ1n) is 6.86. The van der Waals surface area contributed by atoms with Gasteiger partial charge in [0.05, 0.1) is 0 Å². The van der Waals surface area contributed by atoms with Crippen molar-refractivity contribution in [3.63, 3.8) is 0 Å². The van der Waals surface area contributed by atoms with Crippen molar-refractivity contribution >= 4 is 23.4 Å². The zero-order valence-corrected chi connectivity index (χ0v) is 12.7. The molecule has 1 nitrogen and oxygen atoms in total. The van der Waals surface area contributed by atoms with Crippen LogP contribution in [0.3, 0.4) is 0 Å². The van der Waals surface area contributed by atoms with Gasteiger partial charge in [-0.3, -0.25) is 0 Å². The van der Waals surface area contributed by atoms with Gasteiger partial charge in [0.15, 0.2) is 0 Å². The number of benzene rings is 1. The molecule has 3 unspecified atom stereocenters. The fourth-order valence-electron chi connectivity index (χ4n) is 2.60. The van der Waals surface area contributed by atoms with Crippen molar-refractivity contribution in [1.29, 1.82) is 0 Å². The molecule has 0 saturated heterocycles. The summed E-state index contributed by atoms with van der Waals surface area (Å²) in [6, 6.07) is 8.93. The molecule has 1 aromatic rings. The van der Waals surface area contributed by atoms with E-state index in [-0.39, 0.29) is 0 Å². The van der Waals surface area contributed by atoms with Crippen LogP contribution in [0.2, 0.25) is 5.02 Å². The molecule has 0 heterocycles. The Morgan fingerprint density at radius 3 is 2.67 bits per heavy atom. The quantitative estimate of drug-likeness (QED) is 0.848. The molecule has 0 aromatic heterocycles. The number of hydrogen-bond acceptors (Lipinski definition) is 2. The SMILES string of the molecule is CCCNC1CCC(Sc2ccc(Cl)cc2)C1C. The molecule has 3 atom stereocenters. The van der Waals surface area contributed by atoms with Gasteiger partial charge in [-0.1, -0.05) is 25.4 Å². The zero-order chi connectivity index (χ0) is 13.0. The second kappa shape index (κ2) is 6.83. The Balaban J connectivity index is 1.89. The molecule has 18 heavy (non-hydrogen) atoms. The highest BCUT2D eigenvalue weighted by molar-refractivity contribution is 8.00. The summed E-state index contributed by atoms with van der Waals surface area (Å²) < 4.78 is 0. The first-order chi connectivity index (χ1) is 8.70. The summed E-state index contributed by atoms with van der Waals surface area (Å²) in [6.07, 6.45) is 3.85. The summed E-state index contributed by atoms with van der Waals surface area (Å²) in [5.41, 5.74) is 0. The Morgan fingerprint density at radius 1 is 1.28 bits per heavy atom. The van der Waals surface area contributed by atoms with Gasteiger partial charge in [0, 0.05) is 21.2 Å². The number of nitrogens with one attached hydrogen (secondary N) is 1. The largest absolute Gasteiger partial charge is 0.314 e. The third kappa shape index (κ3) is 3.66. The number of hydrogen-bond donors (Lipinski definition) is 1. The molecule has 1 fully saturated rings. The monoisotopic (exact) mass is 283 g/mol. The molecule has 1 aliphatic carbocycles. The molecule has 3 heteroatoms. The third-order valence-corrected chi connectivity index (χ3v) is 5.50. The lowest BCUT2D eigenvalue weighted by Gasteiger charge is -2.21. The van der Waals surface area contributed by atoms with Gasteiger partial charge >= 0.3 is 0 Å². The van der Waals surface area contributed by atoms with Gasteiger partial charge in [0.2, 0.25) is 0 Å². The summed E-state index contributed by atoms with van der Waals surface area (Å²) >= 11 is 7.92. The lowest BCUT2D eigenvalue weighted by atomic mass is 10.1. The topological polar surface area (TPSA) is 12.0 Å². The van der Waals surface area contributed by atoms with Crippen LogP contribution in [0.25, 0.3) is 0 Å². The lowest BCUT2D eigenvalue weighted by molar-refractivity contribution is 0.432.